The van der Waals surface area contributed by atoms with E-state index in [2.05, 4.69) is 10.5 Å². The first kappa shape index (κ1) is 15.2. The third-order valence-electron chi connectivity index (χ3n) is 2.76. The molecule has 0 fully saturated rings. The van der Waals surface area contributed by atoms with Gasteiger partial charge in [-0.3, -0.25) is 4.79 Å². The number of amides is 1. The summed E-state index contributed by atoms with van der Waals surface area (Å²) < 4.78 is 5.13. The summed E-state index contributed by atoms with van der Waals surface area (Å²) in [5, 5.41) is 5.39. The summed E-state index contributed by atoms with van der Waals surface area (Å²) in [6.45, 7) is 3.53. The molecule has 6 heteroatoms. The van der Waals surface area contributed by atoms with Crippen LogP contribution in [0, 0.1) is 0 Å². The van der Waals surface area contributed by atoms with Gasteiger partial charge in [0.1, 0.15) is 12.6 Å². The lowest BCUT2D eigenvalue weighted by Crippen LogP contribution is -2.47. The minimum atomic E-state index is -0.660. The predicted molar refractivity (Wildman–Crippen MR) is 75.0 cm³/mol. The van der Waals surface area contributed by atoms with Crippen molar-refractivity contribution >= 4 is 19.9 Å². The molecule has 0 radical (unpaired) electrons. The summed E-state index contributed by atoms with van der Waals surface area (Å²) in [4.78, 5) is 23.3. The lowest BCUT2D eigenvalue weighted by Gasteiger charge is -2.16. The van der Waals surface area contributed by atoms with Crippen LogP contribution in [0.5, 0.6) is 0 Å². The van der Waals surface area contributed by atoms with E-state index < -0.39 is 12.0 Å². The van der Waals surface area contributed by atoms with Gasteiger partial charge in [-0.15, -0.1) is 0 Å². The standard InChI is InChI=1S/C13H19BN2O3/c1-9(16-14)12(17)15-10(2)13(18)19-8-11-6-4-3-5-7-11/h3-7,9-10,16H,8,14H2,1-2H3,(H,15,17)/t9-,10-/m0/s1. The molecule has 0 saturated heterocycles. The minimum Gasteiger partial charge on any atom is -0.459 e. The lowest BCUT2D eigenvalue weighted by atomic mass is 10.2. The number of carbonyl (C=O) groups is 2. The van der Waals surface area contributed by atoms with E-state index >= 15 is 0 Å². The first-order valence-electron chi connectivity index (χ1n) is 6.22. The Balaban J connectivity index is 2.39. The van der Waals surface area contributed by atoms with Gasteiger partial charge in [-0.05, 0) is 19.4 Å². The molecule has 1 amide bonds. The van der Waals surface area contributed by atoms with Gasteiger partial charge < -0.3 is 15.3 Å². The molecule has 0 aliphatic heterocycles. The zero-order valence-electron chi connectivity index (χ0n) is 11.5. The Hall–Kier alpha value is -1.82. The topological polar surface area (TPSA) is 67.4 Å². The fraction of sp³-hybridized carbons (Fsp3) is 0.385. The summed E-state index contributed by atoms with van der Waals surface area (Å²) in [6, 6.07) is 8.40. The van der Waals surface area contributed by atoms with E-state index in [1.165, 1.54) is 0 Å². The molecule has 1 rings (SSSR count). The van der Waals surface area contributed by atoms with Crippen molar-refractivity contribution in [1.82, 2.24) is 10.5 Å². The summed E-state index contributed by atoms with van der Waals surface area (Å²) in [5.41, 5.74) is 0.915. The van der Waals surface area contributed by atoms with Gasteiger partial charge in [-0.1, -0.05) is 30.3 Å². The van der Waals surface area contributed by atoms with Crippen LogP contribution in [-0.2, 0) is 20.9 Å². The third kappa shape index (κ3) is 5.13. The van der Waals surface area contributed by atoms with Gasteiger partial charge in [-0.25, -0.2) is 4.79 Å². The molecule has 0 unspecified atom stereocenters. The van der Waals surface area contributed by atoms with Crippen LogP contribution in [0.2, 0.25) is 0 Å². The van der Waals surface area contributed by atoms with Crippen molar-refractivity contribution < 1.29 is 14.3 Å². The lowest BCUT2D eigenvalue weighted by molar-refractivity contribution is -0.148. The average Bonchev–Trinajstić information content (AvgIpc) is 2.44. The zero-order chi connectivity index (χ0) is 14.3. The van der Waals surface area contributed by atoms with Crippen LogP contribution in [-0.4, -0.2) is 31.9 Å². The highest BCUT2D eigenvalue weighted by Gasteiger charge is 2.19. The quantitative estimate of drug-likeness (QED) is 0.548. The summed E-state index contributed by atoms with van der Waals surface area (Å²) in [5.74, 6) is -0.674. The number of ether oxygens (including phenoxy) is 1. The van der Waals surface area contributed by atoms with E-state index in [1.807, 2.05) is 30.3 Å². The molecule has 0 aliphatic carbocycles. The van der Waals surface area contributed by atoms with Gasteiger partial charge >= 0.3 is 5.97 Å². The number of nitrogens with one attached hydrogen (secondary N) is 2. The van der Waals surface area contributed by atoms with Crippen molar-refractivity contribution in [3.05, 3.63) is 35.9 Å². The fourth-order valence-corrected chi connectivity index (χ4v) is 1.38. The second kappa shape index (κ2) is 7.58. The molecule has 0 heterocycles. The highest BCUT2D eigenvalue weighted by atomic mass is 16.5. The van der Waals surface area contributed by atoms with Gasteiger partial charge in [0.15, 0.2) is 7.98 Å². The average molecular weight is 262 g/mol. The van der Waals surface area contributed by atoms with Crippen molar-refractivity contribution in [2.45, 2.75) is 32.5 Å². The van der Waals surface area contributed by atoms with Gasteiger partial charge in [0, 0.05) is 0 Å². The minimum absolute atomic E-state index is 0.210. The fourth-order valence-electron chi connectivity index (χ4n) is 1.38. The molecular weight excluding hydrogens is 243 g/mol. The number of rotatable bonds is 6. The Kier molecular flexibility index (Phi) is 6.08. The number of hydrogen-bond donors (Lipinski definition) is 2. The zero-order valence-corrected chi connectivity index (χ0v) is 11.5. The first-order valence-corrected chi connectivity index (χ1v) is 6.22. The van der Waals surface area contributed by atoms with E-state index in [9.17, 15) is 9.59 Å². The normalized spacial score (nSPS) is 13.4. The Morgan fingerprint density at radius 3 is 2.42 bits per heavy atom. The van der Waals surface area contributed by atoms with E-state index in [4.69, 9.17) is 4.74 Å². The van der Waals surface area contributed by atoms with Crippen LogP contribution in [0.15, 0.2) is 30.3 Å². The summed E-state index contributed by atoms with van der Waals surface area (Å²) in [6.07, 6.45) is 0. The molecule has 2 atom stereocenters. The number of benzene rings is 1. The maximum Gasteiger partial charge on any atom is 0.328 e. The van der Waals surface area contributed by atoms with Crippen molar-refractivity contribution in [1.29, 1.82) is 0 Å². The molecule has 19 heavy (non-hydrogen) atoms. The maximum atomic E-state index is 11.7. The highest BCUT2D eigenvalue weighted by Crippen LogP contribution is 2.01. The van der Waals surface area contributed by atoms with Crippen LogP contribution >= 0.6 is 0 Å². The van der Waals surface area contributed by atoms with Crippen molar-refractivity contribution in [2.75, 3.05) is 0 Å². The van der Waals surface area contributed by atoms with E-state index in [0.29, 0.717) is 0 Å². The molecule has 1 aromatic carbocycles. The monoisotopic (exact) mass is 262 g/mol. The molecule has 102 valence electrons. The molecule has 0 aromatic heterocycles. The van der Waals surface area contributed by atoms with Crippen molar-refractivity contribution in [2.24, 2.45) is 0 Å². The van der Waals surface area contributed by atoms with Gasteiger partial charge in [0.2, 0.25) is 5.91 Å². The Bertz CT molecular complexity index is 425. The summed E-state index contributed by atoms with van der Waals surface area (Å²) >= 11 is 0. The second-order valence-electron chi connectivity index (χ2n) is 4.33. The molecule has 2 N–H and O–H groups in total. The first-order chi connectivity index (χ1) is 9.04. The largest absolute Gasteiger partial charge is 0.459 e. The molecular formula is C13H19BN2O3. The number of carbonyl (C=O) groups excluding carboxylic acids is 2. The van der Waals surface area contributed by atoms with E-state index in [1.54, 1.807) is 21.8 Å². The Morgan fingerprint density at radius 1 is 1.21 bits per heavy atom. The third-order valence-corrected chi connectivity index (χ3v) is 2.76. The second-order valence-corrected chi connectivity index (χ2v) is 4.33. The molecule has 0 bridgehead atoms. The number of esters is 1. The van der Waals surface area contributed by atoms with Crippen molar-refractivity contribution in [3.63, 3.8) is 0 Å². The van der Waals surface area contributed by atoms with Crippen LogP contribution in [0.1, 0.15) is 19.4 Å². The van der Waals surface area contributed by atoms with Gasteiger partial charge in [0.25, 0.3) is 0 Å². The van der Waals surface area contributed by atoms with Crippen LogP contribution in [0.3, 0.4) is 0 Å². The smallest absolute Gasteiger partial charge is 0.328 e. The van der Waals surface area contributed by atoms with Gasteiger partial charge in [-0.2, -0.15) is 0 Å². The highest BCUT2D eigenvalue weighted by molar-refractivity contribution is 6.06. The summed E-state index contributed by atoms with van der Waals surface area (Å²) in [7, 11) is 1.68. The molecule has 0 aliphatic rings. The predicted octanol–water partition coefficient (Wildman–Crippen LogP) is -0.239. The molecule has 1 aromatic rings. The van der Waals surface area contributed by atoms with E-state index in [-0.39, 0.29) is 18.6 Å². The molecule has 0 saturated carbocycles. The number of hydrogen-bond acceptors (Lipinski definition) is 4. The van der Waals surface area contributed by atoms with Crippen LogP contribution in [0.4, 0.5) is 0 Å². The van der Waals surface area contributed by atoms with Gasteiger partial charge in [0.05, 0.1) is 6.04 Å². The molecule has 0 spiro atoms. The van der Waals surface area contributed by atoms with Crippen LogP contribution < -0.4 is 10.5 Å². The Morgan fingerprint density at radius 2 is 1.84 bits per heavy atom. The molecule has 5 nitrogen and oxygen atoms in total. The van der Waals surface area contributed by atoms with Crippen molar-refractivity contribution in [3.8, 4) is 0 Å². The Labute approximate surface area is 114 Å². The van der Waals surface area contributed by atoms with Crippen LogP contribution in [0.25, 0.3) is 0 Å². The maximum absolute atomic E-state index is 11.7. The van der Waals surface area contributed by atoms with E-state index in [0.717, 1.165) is 5.56 Å². The SMILES string of the molecule is BN[C@@H](C)C(=O)N[C@@H](C)C(=O)OCc1ccccc1.